The molecule has 0 aromatic carbocycles. The minimum atomic E-state index is -4.74. The van der Waals surface area contributed by atoms with Crippen LogP contribution >= 0.6 is 0 Å². The molecule has 0 bridgehead atoms. The van der Waals surface area contributed by atoms with Crippen LogP contribution in [-0.4, -0.2) is 39.2 Å². The normalized spacial score (nSPS) is 30.9. The minimum Gasteiger partial charge on any atom is -0.414 e. The van der Waals surface area contributed by atoms with Gasteiger partial charge in [-0.3, -0.25) is 0 Å². The third-order valence-electron chi connectivity index (χ3n) is 2.08. The van der Waals surface area contributed by atoms with Crippen LogP contribution in [0.25, 0.3) is 0 Å². The van der Waals surface area contributed by atoms with Gasteiger partial charge in [0.15, 0.2) is 6.10 Å². The van der Waals surface area contributed by atoms with E-state index < -0.39 is 36.3 Å². The Hall–Kier alpha value is -1.19. The highest BCUT2D eigenvalue weighted by Crippen LogP contribution is 2.32. The van der Waals surface area contributed by atoms with Crippen molar-refractivity contribution in [2.24, 2.45) is 0 Å². The molecule has 1 saturated heterocycles. The molecule has 0 radical (unpaired) electrons. The Morgan fingerprint density at radius 2 is 1.94 bits per heavy atom. The number of halogens is 3. The zero-order valence-corrected chi connectivity index (χ0v) is 7.68. The molecule has 2 N–H and O–H groups in total. The molecule has 0 aliphatic carbocycles. The number of aromatic nitrogens is 2. The average Bonchev–Trinajstić information content (AvgIpc) is 2.74. The molecule has 3 atom stereocenters. The summed E-state index contributed by atoms with van der Waals surface area (Å²) in [6, 6.07) is 0. The lowest BCUT2D eigenvalue weighted by atomic mass is 10.1. The van der Waals surface area contributed by atoms with E-state index in [4.69, 9.17) is 9.84 Å². The van der Waals surface area contributed by atoms with Crippen molar-refractivity contribution in [2.75, 3.05) is 6.61 Å². The Balaban J connectivity index is 2.20. The number of hydrogen-bond acceptors (Lipinski definition) is 6. The summed E-state index contributed by atoms with van der Waals surface area (Å²) in [5.74, 6) is -2.02. The quantitative estimate of drug-likeness (QED) is 0.711. The summed E-state index contributed by atoms with van der Waals surface area (Å²) in [7, 11) is 0. The summed E-state index contributed by atoms with van der Waals surface area (Å²) in [5.41, 5.74) is 0. The minimum absolute atomic E-state index is 0.199. The van der Waals surface area contributed by atoms with Gasteiger partial charge in [0.1, 0.15) is 12.2 Å². The molecule has 16 heavy (non-hydrogen) atoms. The van der Waals surface area contributed by atoms with Crippen LogP contribution in [0.4, 0.5) is 13.2 Å². The lowest BCUT2D eigenvalue weighted by Gasteiger charge is -2.09. The largest absolute Gasteiger partial charge is 0.470 e. The summed E-state index contributed by atoms with van der Waals surface area (Å²) >= 11 is 0. The Labute approximate surface area is 86.7 Å². The first-order chi connectivity index (χ1) is 7.39. The molecule has 3 unspecified atom stereocenters. The van der Waals surface area contributed by atoms with Crippen molar-refractivity contribution < 1.29 is 32.5 Å². The second kappa shape index (κ2) is 3.68. The van der Waals surface area contributed by atoms with Gasteiger partial charge < -0.3 is 19.4 Å². The molecule has 1 aromatic rings. The first kappa shape index (κ1) is 11.3. The van der Waals surface area contributed by atoms with E-state index in [9.17, 15) is 18.3 Å². The molecule has 90 valence electrons. The van der Waals surface area contributed by atoms with Gasteiger partial charge >= 0.3 is 12.1 Å². The molecule has 1 aliphatic rings. The number of hydrogen-bond donors (Lipinski definition) is 2. The summed E-state index contributed by atoms with van der Waals surface area (Å²) < 4.78 is 45.5. The number of aliphatic hydroxyl groups is 2. The van der Waals surface area contributed by atoms with E-state index in [1.165, 1.54) is 0 Å². The van der Waals surface area contributed by atoms with E-state index >= 15 is 0 Å². The van der Waals surface area contributed by atoms with Gasteiger partial charge in [-0.15, -0.1) is 10.2 Å². The van der Waals surface area contributed by atoms with Gasteiger partial charge in [0.25, 0.3) is 0 Å². The highest BCUT2D eigenvalue weighted by Gasteiger charge is 2.43. The van der Waals surface area contributed by atoms with Crippen molar-refractivity contribution in [3.63, 3.8) is 0 Å². The maximum Gasteiger partial charge on any atom is 0.470 e. The van der Waals surface area contributed by atoms with Crippen LogP contribution in [0.1, 0.15) is 17.9 Å². The molecule has 6 nitrogen and oxygen atoms in total. The molecule has 1 aliphatic heterocycles. The summed E-state index contributed by atoms with van der Waals surface area (Å²) in [6.45, 7) is -0.199. The van der Waals surface area contributed by atoms with Gasteiger partial charge in [-0.2, -0.15) is 13.2 Å². The summed E-state index contributed by atoms with van der Waals surface area (Å²) in [6.07, 6.45) is -8.51. The van der Waals surface area contributed by atoms with E-state index in [2.05, 4.69) is 14.6 Å². The SMILES string of the molecule is OC1COC(c2nnc(C(F)(F)F)o2)C1O. The lowest BCUT2D eigenvalue weighted by Crippen LogP contribution is -2.25. The highest BCUT2D eigenvalue weighted by atomic mass is 19.4. The lowest BCUT2D eigenvalue weighted by molar-refractivity contribution is -0.158. The van der Waals surface area contributed by atoms with Gasteiger partial charge in [-0.05, 0) is 0 Å². The van der Waals surface area contributed by atoms with Crippen LogP contribution in [0.15, 0.2) is 4.42 Å². The molecular formula is C7H7F3N2O4. The molecule has 9 heteroatoms. The zero-order valence-electron chi connectivity index (χ0n) is 7.68. The van der Waals surface area contributed by atoms with Crippen LogP contribution in [0.5, 0.6) is 0 Å². The monoisotopic (exact) mass is 240 g/mol. The van der Waals surface area contributed by atoms with E-state index in [0.717, 1.165) is 0 Å². The molecule has 0 saturated carbocycles. The molecule has 0 spiro atoms. The molecule has 0 amide bonds. The Kier molecular flexibility index (Phi) is 2.60. The maximum atomic E-state index is 12.1. The standard InChI is InChI=1S/C7H7F3N2O4/c8-7(9,10)6-12-11-5(16-6)4-3(14)2(13)1-15-4/h2-4,13-14H,1H2. The van der Waals surface area contributed by atoms with Gasteiger partial charge in [0.2, 0.25) is 5.89 Å². The Bertz CT molecular complexity index is 380. The van der Waals surface area contributed by atoms with Crippen LogP contribution in [0, 0.1) is 0 Å². The fourth-order valence-electron chi connectivity index (χ4n) is 1.28. The molecule has 1 aromatic heterocycles. The summed E-state index contributed by atoms with van der Waals surface area (Å²) in [4.78, 5) is 0. The smallest absolute Gasteiger partial charge is 0.414 e. The van der Waals surface area contributed by atoms with Crippen molar-refractivity contribution in [3.8, 4) is 0 Å². The van der Waals surface area contributed by atoms with Gasteiger partial charge in [-0.25, -0.2) is 0 Å². The fraction of sp³-hybridized carbons (Fsp3) is 0.714. The maximum absolute atomic E-state index is 12.1. The fourth-order valence-corrected chi connectivity index (χ4v) is 1.28. The van der Waals surface area contributed by atoms with Crippen molar-refractivity contribution >= 4 is 0 Å². The number of rotatable bonds is 1. The van der Waals surface area contributed by atoms with Gasteiger partial charge in [0.05, 0.1) is 6.61 Å². The first-order valence-corrected chi connectivity index (χ1v) is 4.28. The van der Waals surface area contributed by atoms with Crippen molar-refractivity contribution in [2.45, 2.75) is 24.5 Å². The van der Waals surface area contributed by atoms with E-state index in [1.807, 2.05) is 0 Å². The molecule has 2 rings (SSSR count). The topological polar surface area (TPSA) is 88.6 Å². The Morgan fingerprint density at radius 1 is 1.25 bits per heavy atom. The number of alkyl halides is 3. The van der Waals surface area contributed by atoms with Crippen LogP contribution < -0.4 is 0 Å². The van der Waals surface area contributed by atoms with E-state index in [1.54, 1.807) is 0 Å². The second-order valence-corrected chi connectivity index (χ2v) is 3.26. The van der Waals surface area contributed by atoms with Crippen LogP contribution in [0.2, 0.25) is 0 Å². The predicted molar refractivity (Wildman–Crippen MR) is 40.0 cm³/mol. The van der Waals surface area contributed by atoms with Crippen molar-refractivity contribution in [3.05, 3.63) is 11.8 Å². The van der Waals surface area contributed by atoms with E-state index in [0.29, 0.717) is 0 Å². The number of ether oxygens (including phenoxy) is 1. The summed E-state index contributed by atoms with van der Waals surface area (Å²) in [5, 5.41) is 24.3. The predicted octanol–water partition coefficient (Wildman–Crippen LogP) is -0.119. The van der Waals surface area contributed by atoms with Crippen LogP contribution in [0.3, 0.4) is 0 Å². The third-order valence-corrected chi connectivity index (χ3v) is 2.08. The van der Waals surface area contributed by atoms with Gasteiger partial charge in [0, 0.05) is 0 Å². The molecular weight excluding hydrogens is 233 g/mol. The van der Waals surface area contributed by atoms with Gasteiger partial charge in [-0.1, -0.05) is 0 Å². The Morgan fingerprint density at radius 3 is 2.38 bits per heavy atom. The second-order valence-electron chi connectivity index (χ2n) is 3.26. The number of aliphatic hydroxyl groups excluding tert-OH is 2. The highest BCUT2D eigenvalue weighted by molar-refractivity contribution is 4.97. The first-order valence-electron chi connectivity index (χ1n) is 4.28. The van der Waals surface area contributed by atoms with E-state index in [-0.39, 0.29) is 6.61 Å². The number of nitrogens with zero attached hydrogens (tertiary/aromatic N) is 2. The molecule has 1 fully saturated rings. The molecule has 2 heterocycles. The average molecular weight is 240 g/mol. The third kappa shape index (κ3) is 1.88. The zero-order chi connectivity index (χ0) is 11.9. The van der Waals surface area contributed by atoms with Crippen molar-refractivity contribution in [1.82, 2.24) is 10.2 Å². The van der Waals surface area contributed by atoms with Crippen LogP contribution in [-0.2, 0) is 10.9 Å². The van der Waals surface area contributed by atoms with Crippen molar-refractivity contribution in [1.29, 1.82) is 0 Å².